The third kappa shape index (κ3) is 2.31. The largest absolute Gasteiger partial charge is 0.331 e. The van der Waals surface area contributed by atoms with Gasteiger partial charge in [-0.1, -0.05) is 29.8 Å². The SMILES string of the molecule is Cn1ccc(=O)n(Cc2ccccc2Cl)c1=O. The van der Waals surface area contributed by atoms with Crippen molar-refractivity contribution in [3.05, 3.63) is 68.0 Å². The van der Waals surface area contributed by atoms with Gasteiger partial charge in [0.1, 0.15) is 0 Å². The van der Waals surface area contributed by atoms with Crippen LogP contribution in [0.3, 0.4) is 0 Å². The maximum absolute atomic E-state index is 11.8. The van der Waals surface area contributed by atoms with Crippen LogP contribution in [0.25, 0.3) is 0 Å². The van der Waals surface area contributed by atoms with Crippen LogP contribution in [0.4, 0.5) is 0 Å². The molecule has 0 saturated carbocycles. The molecule has 0 fully saturated rings. The molecule has 4 nitrogen and oxygen atoms in total. The Morgan fingerprint density at radius 1 is 1.18 bits per heavy atom. The van der Waals surface area contributed by atoms with E-state index in [4.69, 9.17) is 11.6 Å². The number of nitrogens with zero attached hydrogens (tertiary/aromatic N) is 2. The fourth-order valence-electron chi connectivity index (χ4n) is 1.56. The van der Waals surface area contributed by atoms with Crippen molar-refractivity contribution < 1.29 is 0 Å². The van der Waals surface area contributed by atoms with Gasteiger partial charge in [-0.25, -0.2) is 4.79 Å². The van der Waals surface area contributed by atoms with Gasteiger partial charge in [0.05, 0.1) is 6.54 Å². The van der Waals surface area contributed by atoms with E-state index in [-0.39, 0.29) is 17.8 Å². The van der Waals surface area contributed by atoms with Gasteiger partial charge in [0.15, 0.2) is 0 Å². The number of rotatable bonds is 2. The van der Waals surface area contributed by atoms with Gasteiger partial charge >= 0.3 is 5.69 Å². The molecule has 0 amide bonds. The first kappa shape index (κ1) is 11.7. The Morgan fingerprint density at radius 2 is 1.88 bits per heavy atom. The summed E-state index contributed by atoms with van der Waals surface area (Å²) in [7, 11) is 1.60. The summed E-state index contributed by atoms with van der Waals surface area (Å²) < 4.78 is 2.51. The van der Waals surface area contributed by atoms with E-state index in [0.29, 0.717) is 5.02 Å². The zero-order valence-electron chi connectivity index (χ0n) is 9.26. The van der Waals surface area contributed by atoms with Crippen molar-refractivity contribution in [2.45, 2.75) is 6.54 Å². The Hall–Kier alpha value is -1.81. The third-order valence-corrected chi connectivity index (χ3v) is 2.89. The minimum Gasteiger partial charge on any atom is -0.303 e. The van der Waals surface area contributed by atoms with Gasteiger partial charge < -0.3 is 4.57 Å². The van der Waals surface area contributed by atoms with E-state index in [9.17, 15) is 9.59 Å². The number of aryl methyl sites for hydroxylation is 1. The summed E-state index contributed by atoms with van der Waals surface area (Å²) in [6.07, 6.45) is 1.45. The zero-order valence-corrected chi connectivity index (χ0v) is 10.0. The molecule has 0 aliphatic heterocycles. The van der Waals surface area contributed by atoms with Gasteiger partial charge in [-0.2, -0.15) is 0 Å². The topological polar surface area (TPSA) is 44.0 Å². The summed E-state index contributed by atoms with van der Waals surface area (Å²) in [5.41, 5.74) is 0.0741. The molecule has 0 atom stereocenters. The maximum atomic E-state index is 11.8. The summed E-state index contributed by atoms with van der Waals surface area (Å²) in [5.74, 6) is 0. The Bertz CT molecular complexity index is 658. The third-order valence-electron chi connectivity index (χ3n) is 2.53. The van der Waals surface area contributed by atoms with Crippen molar-refractivity contribution in [3.8, 4) is 0 Å². The van der Waals surface area contributed by atoms with Crippen molar-refractivity contribution in [3.63, 3.8) is 0 Å². The molecule has 0 aliphatic carbocycles. The number of aromatic nitrogens is 2. The smallest absolute Gasteiger partial charge is 0.303 e. The van der Waals surface area contributed by atoms with Crippen molar-refractivity contribution in [1.29, 1.82) is 0 Å². The van der Waals surface area contributed by atoms with E-state index >= 15 is 0 Å². The van der Waals surface area contributed by atoms with Crippen LogP contribution < -0.4 is 11.2 Å². The molecular weight excluding hydrogens is 240 g/mol. The molecule has 0 bridgehead atoms. The predicted molar refractivity (Wildman–Crippen MR) is 66.5 cm³/mol. The molecule has 0 radical (unpaired) electrons. The van der Waals surface area contributed by atoms with Gasteiger partial charge in [0.25, 0.3) is 5.56 Å². The average molecular weight is 251 g/mol. The van der Waals surface area contributed by atoms with Gasteiger partial charge in [0.2, 0.25) is 0 Å². The summed E-state index contributed by atoms with van der Waals surface area (Å²) >= 11 is 5.99. The molecule has 88 valence electrons. The highest BCUT2D eigenvalue weighted by atomic mass is 35.5. The predicted octanol–water partition coefficient (Wildman–Crippen LogP) is 1.25. The first-order chi connectivity index (χ1) is 8.09. The Labute approximate surface area is 103 Å². The molecule has 0 unspecified atom stereocenters. The highest BCUT2D eigenvalue weighted by molar-refractivity contribution is 6.31. The molecular formula is C12H11ClN2O2. The van der Waals surface area contributed by atoms with E-state index in [0.717, 1.165) is 10.1 Å². The molecule has 0 N–H and O–H groups in total. The van der Waals surface area contributed by atoms with Crippen LogP contribution in [0.1, 0.15) is 5.56 Å². The minimum atomic E-state index is -0.350. The van der Waals surface area contributed by atoms with Crippen molar-refractivity contribution in [1.82, 2.24) is 9.13 Å². The van der Waals surface area contributed by atoms with Crippen molar-refractivity contribution in [2.24, 2.45) is 7.05 Å². The van der Waals surface area contributed by atoms with E-state index in [2.05, 4.69) is 0 Å². The lowest BCUT2D eigenvalue weighted by atomic mass is 10.2. The van der Waals surface area contributed by atoms with Crippen LogP contribution in [-0.4, -0.2) is 9.13 Å². The minimum absolute atomic E-state index is 0.187. The number of halogens is 1. The fraction of sp³-hybridized carbons (Fsp3) is 0.167. The lowest BCUT2D eigenvalue weighted by Gasteiger charge is -2.07. The number of benzene rings is 1. The Morgan fingerprint density at radius 3 is 2.59 bits per heavy atom. The number of hydrogen-bond acceptors (Lipinski definition) is 2. The zero-order chi connectivity index (χ0) is 12.4. The van der Waals surface area contributed by atoms with E-state index < -0.39 is 0 Å². The lowest BCUT2D eigenvalue weighted by Crippen LogP contribution is -2.38. The maximum Gasteiger partial charge on any atom is 0.331 e. The van der Waals surface area contributed by atoms with Gasteiger partial charge in [-0.15, -0.1) is 0 Å². The van der Waals surface area contributed by atoms with Crippen LogP contribution >= 0.6 is 11.6 Å². The second-order valence-electron chi connectivity index (χ2n) is 3.73. The number of hydrogen-bond donors (Lipinski definition) is 0. The molecule has 5 heteroatoms. The molecule has 17 heavy (non-hydrogen) atoms. The van der Waals surface area contributed by atoms with Crippen LogP contribution in [0.15, 0.2) is 46.1 Å². The molecule has 0 saturated heterocycles. The first-order valence-electron chi connectivity index (χ1n) is 5.09. The van der Waals surface area contributed by atoms with Crippen LogP contribution in [-0.2, 0) is 13.6 Å². The van der Waals surface area contributed by atoms with Gasteiger partial charge in [-0.3, -0.25) is 9.36 Å². The van der Waals surface area contributed by atoms with E-state index in [1.54, 1.807) is 25.2 Å². The highest BCUT2D eigenvalue weighted by Crippen LogP contribution is 2.14. The first-order valence-corrected chi connectivity index (χ1v) is 5.47. The Kier molecular flexibility index (Phi) is 3.15. The van der Waals surface area contributed by atoms with Crippen molar-refractivity contribution >= 4 is 11.6 Å². The Balaban J connectivity index is 2.51. The van der Waals surface area contributed by atoms with Crippen LogP contribution in [0.5, 0.6) is 0 Å². The summed E-state index contributed by atoms with van der Waals surface area (Å²) in [5, 5.41) is 0.547. The van der Waals surface area contributed by atoms with Crippen LogP contribution in [0, 0.1) is 0 Å². The lowest BCUT2D eigenvalue weighted by molar-refractivity contribution is 0.639. The van der Waals surface area contributed by atoms with Gasteiger partial charge in [0, 0.05) is 24.3 Å². The second kappa shape index (κ2) is 4.59. The fourth-order valence-corrected chi connectivity index (χ4v) is 1.75. The quantitative estimate of drug-likeness (QED) is 0.805. The second-order valence-corrected chi connectivity index (χ2v) is 4.13. The average Bonchev–Trinajstić information content (AvgIpc) is 2.32. The molecule has 2 rings (SSSR count). The molecule has 0 spiro atoms. The molecule has 0 aliphatic rings. The normalized spacial score (nSPS) is 10.5. The van der Waals surface area contributed by atoms with E-state index in [1.165, 1.54) is 16.8 Å². The summed E-state index contributed by atoms with van der Waals surface area (Å²) in [6.45, 7) is 0.187. The monoisotopic (exact) mass is 250 g/mol. The highest BCUT2D eigenvalue weighted by Gasteiger charge is 2.06. The van der Waals surface area contributed by atoms with Crippen molar-refractivity contribution in [2.75, 3.05) is 0 Å². The van der Waals surface area contributed by atoms with Crippen LogP contribution in [0.2, 0.25) is 5.02 Å². The molecule has 1 heterocycles. The standard InChI is InChI=1S/C12H11ClN2O2/c1-14-7-6-11(16)15(12(14)17)8-9-4-2-3-5-10(9)13/h2-7H,8H2,1H3. The molecule has 1 aromatic heterocycles. The van der Waals surface area contributed by atoms with E-state index in [1.807, 2.05) is 6.07 Å². The summed E-state index contributed by atoms with van der Waals surface area (Å²) in [6, 6.07) is 8.51. The molecule has 1 aromatic carbocycles. The molecule has 2 aromatic rings. The summed E-state index contributed by atoms with van der Waals surface area (Å²) in [4.78, 5) is 23.4. The van der Waals surface area contributed by atoms with Gasteiger partial charge in [-0.05, 0) is 11.6 Å².